The lowest BCUT2D eigenvalue weighted by molar-refractivity contribution is -0.137. The van der Waals surface area contributed by atoms with Gasteiger partial charge in [-0.15, -0.1) is 0 Å². The minimum Gasteiger partial charge on any atom is -0.488 e. The molecule has 0 bridgehead atoms. The van der Waals surface area contributed by atoms with Crippen molar-refractivity contribution in [2.45, 2.75) is 13.8 Å². The van der Waals surface area contributed by atoms with Crippen molar-refractivity contribution in [1.29, 1.82) is 0 Å². The first kappa shape index (κ1) is 14.0. The van der Waals surface area contributed by atoms with Gasteiger partial charge in [0.2, 0.25) is 0 Å². The van der Waals surface area contributed by atoms with E-state index in [0.717, 1.165) is 11.8 Å². The van der Waals surface area contributed by atoms with Crippen LogP contribution in [0.3, 0.4) is 0 Å². The van der Waals surface area contributed by atoms with Crippen LogP contribution < -0.4 is 4.74 Å². The van der Waals surface area contributed by atoms with Crippen molar-refractivity contribution in [3.8, 4) is 5.75 Å². The van der Waals surface area contributed by atoms with E-state index in [0.29, 0.717) is 17.9 Å². The number of carbonyl (C=O) groups excluding carboxylic acids is 2. The summed E-state index contributed by atoms with van der Waals surface area (Å²) in [4.78, 5) is 21.9. The van der Waals surface area contributed by atoms with Gasteiger partial charge in [0.1, 0.15) is 12.4 Å². The zero-order valence-electron chi connectivity index (χ0n) is 10.5. The Morgan fingerprint density at radius 3 is 2.83 bits per heavy atom. The third-order valence-electron chi connectivity index (χ3n) is 2.23. The highest BCUT2D eigenvalue weighted by Gasteiger charge is 2.04. The second-order valence-electron chi connectivity index (χ2n) is 3.58. The number of ether oxygens (including phenoxy) is 2. The largest absolute Gasteiger partial charge is 0.488 e. The first-order valence-corrected chi connectivity index (χ1v) is 5.70. The molecule has 4 nitrogen and oxygen atoms in total. The summed E-state index contributed by atoms with van der Waals surface area (Å²) in [5, 5.41) is 0. The lowest BCUT2D eigenvalue weighted by Crippen LogP contribution is -2.02. The standard InChI is InChI=1S/C14H16O4/c1-3-17-13(16)8-5-9-18-14-11(2)6-4-7-12(14)10-15/h4-8,10H,3,9H2,1-2H3/b8-5+. The van der Waals surface area contributed by atoms with Crippen LogP contribution in [-0.4, -0.2) is 25.5 Å². The Morgan fingerprint density at radius 2 is 2.17 bits per heavy atom. The van der Waals surface area contributed by atoms with Gasteiger partial charge in [0.05, 0.1) is 12.2 Å². The number of aldehydes is 1. The molecule has 0 aliphatic carbocycles. The number of hydrogen-bond acceptors (Lipinski definition) is 4. The van der Waals surface area contributed by atoms with Crippen LogP contribution in [0.25, 0.3) is 0 Å². The number of hydrogen-bond donors (Lipinski definition) is 0. The van der Waals surface area contributed by atoms with Gasteiger partial charge in [0.15, 0.2) is 6.29 Å². The van der Waals surface area contributed by atoms with Gasteiger partial charge in [0, 0.05) is 6.08 Å². The van der Waals surface area contributed by atoms with Crippen LogP contribution in [0.5, 0.6) is 5.75 Å². The molecular formula is C14H16O4. The predicted octanol–water partition coefficient (Wildman–Crippen LogP) is 2.31. The Kier molecular flexibility index (Phi) is 5.64. The van der Waals surface area contributed by atoms with Crippen LogP contribution in [0.1, 0.15) is 22.8 Å². The Balaban J connectivity index is 2.59. The third kappa shape index (κ3) is 4.05. The van der Waals surface area contributed by atoms with Gasteiger partial charge >= 0.3 is 5.97 Å². The molecule has 1 aromatic rings. The minimum atomic E-state index is -0.401. The zero-order valence-corrected chi connectivity index (χ0v) is 10.5. The molecule has 0 fully saturated rings. The molecule has 0 aliphatic rings. The number of rotatable bonds is 6. The van der Waals surface area contributed by atoms with Crippen LogP contribution in [0.4, 0.5) is 0 Å². The van der Waals surface area contributed by atoms with E-state index in [-0.39, 0.29) is 6.61 Å². The molecule has 1 aromatic carbocycles. The van der Waals surface area contributed by atoms with Crippen LogP contribution in [0.15, 0.2) is 30.4 Å². The molecule has 0 radical (unpaired) electrons. The topological polar surface area (TPSA) is 52.6 Å². The third-order valence-corrected chi connectivity index (χ3v) is 2.23. The molecule has 1 rings (SSSR count). The molecule has 0 aliphatic heterocycles. The van der Waals surface area contributed by atoms with Gasteiger partial charge in [-0.05, 0) is 31.6 Å². The van der Waals surface area contributed by atoms with Crippen LogP contribution in [0, 0.1) is 6.92 Å². The zero-order chi connectivity index (χ0) is 13.4. The molecule has 0 amide bonds. The maximum absolute atomic E-state index is 11.0. The Labute approximate surface area is 106 Å². The summed E-state index contributed by atoms with van der Waals surface area (Å²) in [6.07, 6.45) is 3.61. The summed E-state index contributed by atoms with van der Waals surface area (Å²) >= 11 is 0. The van der Waals surface area contributed by atoms with Gasteiger partial charge in [-0.2, -0.15) is 0 Å². The summed E-state index contributed by atoms with van der Waals surface area (Å²) in [5.74, 6) is 0.141. The Bertz CT molecular complexity index is 449. The fourth-order valence-corrected chi connectivity index (χ4v) is 1.43. The maximum atomic E-state index is 11.0. The summed E-state index contributed by atoms with van der Waals surface area (Å²) in [6, 6.07) is 5.34. The molecular weight excluding hydrogens is 232 g/mol. The van der Waals surface area contributed by atoms with Crippen molar-refractivity contribution in [1.82, 2.24) is 0 Å². The number of para-hydroxylation sites is 1. The number of benzene rings is 1. The summed E-state index contributed by atoms with van der Waals surface area (Å²) < 4.78 is 10.2. The number of carbonyl (C=O) groups is 2. The molecule has 0 N–H and O–H groups in total. The van der Waals surface area contributed by atoms with Crippen molar-refractivity contribution in [3.05, 3.63) is 41.5 Å². The van der Waals surface area contributed by atoms with Crippen molar-refractivity contribution in [3.63, 3.8) is 0 Å². The number of esters is 1. The highest BCUT2D eigenvalue weighted by molar-refractivity contribution is 5.82. The SMILES string of the molecule is CCOC(=O)/C=C/COc1c(C)cccc1C=O. The lowest BCUT2D eigenvalue weighted by atomic mass is 10.1. The molecule has 18 heavy (non-hydrogen) atoms. The summed E-state index contributed by atoms with van der Waals surface area (Å²) in [6.45, 7) is 4.16. The van der Waals surface area contributed by atoms with E-state index in [4.69, 9.17) is 9.47 Å². The van der Waals surface area contributed by atoms with Crippen molar-refractivity contribution in [2.24, 2.45) is 0 Å². The fourth-order valence-electron chi connectivity index (χ4n) is 1.43. The average Bonchev–Trinajstić information content (AvgIpc) is 2.36. The van der Waals surface area contributed by atoms with Crippen molar-refractivity contribution in [2.75, 3.05) is 13.2 Å². The van der Waals surface area contributed by atoms with Gasteiger partial charge < -0.3 is 9.47 Å². The molecule has 0 aromatic heterocycles. The van der Waals surface area contributed by atoms with E-state index < -0.39 is 5.97 Å². The van der Waals surface area contributed by atoms with E-state index >= 15 is 0 Å². The fraction of sp³-hybridized carbons (Fsp3) is 0.286. The molecule has 0 spiro atoms. The van der Waals surface area contributed by atoms with Gasteiger partial charge in [-0.25, -0.2) is 4.79 Å². The Hall–Kier alpha value is -2.10. The average molecular weight is 248 g/mol. The van der Waals surface area contributed by atoms with E-state index in [1.165, 1.54) is 6.08 Å². The molecule has 4 heteroatoms. The smallest absolute Gasteiger partial charge is 0.330 e. The molecule has 0 saturated heterocycles. The van der Waals surface area contributed by atoms with E-state index in [1.54, 1.807) is 25.1 Å². The maximum Gasteiger partial charge on any atom is 0.330 e. The van der Waals surface area contributed by atoms with Crippen LogP contribution >= 0.6 is 0 Å². The quantitative estimate of drug-likeness (QED) is 0.440. The van der Waals surface area contributed by atoms with E-state index in [2.05, 4.69) is 0 Å². The van der Waals surface area contributed by atoms with E-state index in [9.17, 15) is 9.59 Å². The monoisotopic (exact) mass is 248 g/mol. The van der Waals surface area contributed by atoms with Gasteiger partial charge in [-0.1, -0.05) is 12.1 Å². The van der Waals surface area contributed by atoms with Crippen molar-refractivity contribution >= 4 is 12.3 Å². The Morgan fingerprint density at radius 1 is 1.39 bits per heavy atom. The first-order valence-electron chi connectivity index (χ1n) is 5.70. The second-order valence-corrected chi connectivity index (χ2v) is 3.58. The highest BCUT2D eigenvalue weighted by Crippen LogP contribution is 2.21. The lowest BCUT2D eigenvalue weighted by Gasteiger charge is -2.08. The second kappa shape index (κ2) is 7.27. The van der Waals surface area contributed by atoms with E-state index in [1.807, 2.05) is 13.0 Å². The van der Waals surface area contributed by atoms with Crippen LogP contribution in [-0.2, 0) is 9.53 Å². The highest BCUT2D eigenvalue weighted by atomic mass is 16.5. The molecule has 96 valence electrons. The normalized spacial score (nSPS) is 10.3. The molecule has 0 atom stereocenters. The molecule has 0 unspecified atom stereocenters. The molecule has 0 saturated carbocycles. The number of aryl methyl sites for hydroxylation is 1. The first-order chi connectivity index (χ1) is 8.69. The van der Waals surface area contributed by atoms with Gasteiger partial charge in [-0.3, -0.25) is 4.79 Å². The predicted molar refractivity (Wildman–Crippen MR) is 67.8 cm³/mol. The minimum absolute atomic E-state index is 0.213. The van der Waals surface area contributed by atoms with Crippen LogP contribution in [0.2, 0.25) is 0 Å². The van der Waals surface area contributed by atoms with Gasteiger partial charge in [0.25, 0.3) is 0 Å². The summed E-state index contributed by atoms with van der Waals surface area (Å²) in [7, 11) is 0. The van der Waals surface area contributed by atoms with Crippen molar-refractivity contribution < 1.29 is 19.1 Å². The summed E-state index contributed by atoms with van der Waals surface area (Å²) in [5.41, 5.74) is 1.38. The molecule has 0 heterocycles.